The molecular weight excluding hydrogens is 324 g/mol. The summed E-state index contributed by atoms with van der Waals surface area (Å²) in [7, 11) is 0. The van der Waals surface area contributed by atoms with Crippen LogP contribution in [0.15, 0.2) is 0 Å². The van der Waals surface area contributed by atoms with Crippen molar-refractivity contribution in [3.8, 4) is 0 Å². The number of alkyl halides is 1. The van der Waals surface area contributed by atoms with Gasteiger partial charge in [-0.3, -0.25) is 4.79 Å². The van der Waals surface area contributed by atoms with E-state index < -0.39 is 5.60 Å². The van der Waals surface area contributed by atoms with Crippen LogP contribution >= 0.6 is 15.9 Å². The Morgan fingerprint density at radius 1 is 1.45 bits per heavy atom. The van der Waals surface area contributed by atoms with Gasteiger partial charge in [-0.15, -0.1) is 0 Å². The fourth-order valence-electron chi connectivity index (χ4n) is 2.74. The van der Waals surface area contributed by atoms with Crippen molar-refractivity contribution in [2.24, 2.45) is 0 Å². The SMILES string of the molecule is CC(C)(C)OC(=O)N1CCCC1CN1CC(Br)CC1=O. The van der Waals surface area contributed by atoms with Crippen LogP contribution in [-0.2, 0) is 9.53 Å². The van der Waals surface area contributed by atoms with E-state index in [-0.39, 0.29) is 22.9 Å². The van der Waals surface area contributed by atoms with Crippen LogP contribution in [0.5, 0.6) is 0 Å². The molecule has 0 N–H and O–H groups in total. The Morgan fingerprint density at radius 3 is 2.70 bits per heavy atom. The Hall–Kier alpha value is -0.780. The summed E-state index contributed by atoms with van der Waals surface area (Å²) < 4.78 is 5.44. The van der Waals surface area contributed by atoms with Crippen LogP contribution in [-0.4, -0.2) is 57.9 Å². The number of likely N-dealkylation sites (tertiary alicyclic amines) is 2. The predicted molar refractivity (Wildman–Crippen MR) is 79.9 cm³/mol. The van der Waals surface area contributed by atoms with Gasteiger partial charge in [0.1, 0.15) is 5.60 Å². The molecule has 0 radical (unpaired) electrons. The van der Waals surface area contributed by atoms with Crippen molar-refractivity contribution in [1.82, 2.24) is 9.80 Å². The van der Waals surface area contributed by atoms with Gasteiger partial charge in [0.25, 0.3) is 0 Å². The highest BCUT2D eigenvalue weighted by atomic mass is 79.9. The van der Waals surface area contributed by atoms with Gasteiger partial charge in [0.2, 0.25) is 5.91 Å². The van der Waals surface area contributed by atoms with E-state index in [1.165, 1.54) is 0 Å². The summed E-state index contributed by atoms with van der Waals surface area (Å²) in [6, 6.07) is 0.0894. The lowest BCUT2D eigenvalue weighted by Gasteiger charge is -2.30. The van der Waals surface area contributed by atoms with Crippen molar-refractivity contribution < 1.29 is 14.3 Å². The fraction of sp³-hybridized carbons (Fsp3) is 0.857. The predicted octanol–water partition coefficient (Wildman–Crippen LogP) is 2.38. The molecule has 2 rings (SSSR count). The molecule has 6 heteroatoms. The Morgan fingerprint density at radius 2 is 2.15 bits per heavy atom. The topological polar surface area (TPSA) is 49.9 Å². The van der Waals surface area contributed by atoms with E-state index in [4.69, 9.17) is 4.74 Å². The molecular formula is C14H23BrN2O3. The van der Waals surface area contributed by atoms with Gasteiger partial charge in [-0.2, -0.15) is 0 Å². The number of carbonyl (C=O) groups excluding carboxylic acids is 2. The zero-order chi connectivity index (χ0) is 14.9. The minimum atomic E-state index is -0.478. The number of hydrogen-bond acceptors (Lipinski definition) is 3. The van der Waals surface area contributed by atoms with E-state index in [2.05, 4.69) is 15.9 Å². The summed E-state index contributed by atoms with van der Waals surface area (Å²) in [6.45, 7) is 7.69. The molecule has 2 heterocycles. The number of rotatable bonds is 2. The monoisotopic (exact) mass is 346 g/mol. The Labute approximate surface area is 128 Å². The van der Waals surface area contributed by atoms with Gasteiger partial charge in [-0.1, -0.05) is 15.9 Å². The first kappa shape index (κ1) is 15.6. The lowest BCUT2D eigenvalue weighted by molar-refractivity contribution is -0.128. The lowest BCUT2D eigenvalue weighted by Crippen LogP contribution is -2.45. The van der Waals surface area contributed by atoms with Gasteiger partial charge < -0.3 is 14.5 Å². The molecule has 5 nitrogen and oxygen atoms in total. The molecule has 2 fully saturated rings. The van der Waals surface area contributed by atoms with Gasteiger partial charge in [0.15, 0.2) is 0 Å². The van der Waals surface area contributed by atoms with Crippen LogP contribution in [0.3, 0.4) is 0 Å². The smallest absolute Gasteiger partial charge is 0.410 e. The average Bonchev–Trinajstić information content (AvgIpc) is 2.84. The summed E-state index contributed by atoms with van der Waals surface area (Å²) >= 11 is 3.48. The maximum absolute atomic E-state index is 12.2. The van der Waals surface area contributed by atoms with E-state index in [9.17, 15) is 9.59 Å². The van der Waals surface area contributed by atoms with E-state index in [0.717, 1.165) is 25.9 Å². The van der Waals surface area contributed by atoms with Crippen LogP contribution < -0.4 is 0 Å². The molecule has 0 spiro atoms. The summed E-state index contributed by atoms with van der Waals surface area (Å²) in [4.78, 5) is 27.9. The second-order valence-corrected chi connectivity index (χ2v) is 7.86. The number of ether oxygens (including phenoxy) is 1. The standard InChI is InChI=1S/C14H23BrN2O3/c1-14(2,3)20-13(19)17-6-4-5-11(17)9-16-8-10(15)7-12(16)18/h10-11H,4-9H2,1-3H3. The summed E-state index contributed by atoms with van der Waals surface area (Å²) in [5, 5.41) is 0. The first-order chi connectivity index (χ1) is 9.26. The molecule has 2 atom stereocenters. The highest BCUT2D eigenvalue weighted by molar-refractivity contribution is 9.09. The number of nitrogens with zero attached hydrogens (tertiary/aromatic N) is 2. The van der Waals surface area contributed by atoms with Gasteiger partial charge >= 0.3 is 6.09 Å². The highest BCUT2D eigenvalue weighted by Gasteiger charge is 2.36. The molecule has 2 aliphatic rings. The largest absolute Gasteiger partial charge is 0.444 e. The quantitative estimate of drug-likeness (QED) is 0.721. The van der Waals surface area contributed by atoms with E-state index >= 15 is 0 Å². The van der Waals surface area contributed by atoms with Crippen molar-refractivity contribution in [3.63, 3.8) is 0 Å². The Bertz CT molecular complexity index is 394. The highest BCUT2D eigenvalue weighted by Crippen LogP contribution is 2.24. The Kier molecular flexibility index (Phi) is 4.62. The zero-order valence-electron chi connectivity index (χ0n) is 12.4. The number of halogens is 1. The molecule has 0 aromatic rings. The second-order valence-electron chi connectivity index (χ2n) is 6.57. The van der Waals surface area contributed by atoms with E-state index in [0.29, 0.717) is 13.0 Å². The summed E-state index contributed by atoms with van der Waals surface area (Å²) in [6.07, 6.45) is 2.21. The van der Waals surface area contributed by atoms with Gasteiger partial charge in [0, 0.05) is 30.9 Å². The molecule has 0 saturated carbocycles. The van der Waals surface area contributed by atoms with E-state index in [1.54, 1.807) is 4.90 Å². The normalized spacial score (nSPS) is 27.3. The average molecular weight is 347 g/mol. The van der Waals surface area contributed by atoms with E-state index in [1.807, 2.05) is 25.7 Å². The van der Waals surface area contributed by atoms with Crippen LogP contribution in [0.1, 0.15) is 40.0 Å². The fourth-order valence-corrected chi connectivity index (χ4v) is 3.37. The van der Waals surface area contributed by atoms with Crippen molar-refractivity contribution in [2.75, 3.05) is 19.6 Å². The summed E-state index contributed by atoms with van der Waals surface area (Å²) in [5.41, 5.74) is -0.478. The summed E-state index contributed by atoms with van der Waals surface area (Å²) in [5.74, 6) is 0.169. The molecule has 2 saturated heterocycles. The van der Waals surface area contributed by atoms with Crippen molar-refractivity contribution in [3.05, 3.63) is 0 Å². The van der Waals surface area contributed by atoms with Crippen molar-refractivity contribution >= 4 is 27.9 Å². The van der Waals surface area contributed by atoms with Crippen LogP contribution in [0, 0.1) is 0 Å². The third-order valence-corrected chi connectivity index (χ3v) is 4.22. The zero-order valence-corrected chi connectivity index (χ0v) is 14.0. The second kappa shape index (κ2) is 5.92. The number of hydrogen-bond donors (Lipinski definition) is 0. The minimum absolute atomic E-state index is 0.0894. The molecule has 20 heavy (non-hydrogen) atoms. The van der Waals surface area contributed by atoms with Gasteiger partial charge in [-0.25, -0.2) is 4.79 Å². The van der Waals surface area contributed by atoms with Gasteiger partial charge in [-0.05, 0) is 33.6 Å². The maximum atomic E-state index is 12.2. The Balaban J connectivity index is 1.94. The van der Waals surface area contributed by atoms with Crippen LogP contribution in [0.25, 0.3) is 0 Å². The first-order valence-corrected chi connectivity index (χ1v) is 8.09. The molecule has 2 aliphatic heterocycles. The number of amides is 2. The minimum Gasteiger partial charge on any atom is -0.444 e. The lowest BCUT2D eigenvalue weighted by atomic mass is 10.2. The molecule has 2 amide bonds. The van der Waals surface area contributed by atoms with Crippen LogP contribution in [0.4, 0.5) is 4.79 Å². The molecule has 0 aromatic heterocycles. The molecule has 114 valence electrons. The first-order valence-electron chi connectivity index (χ1n) is 7.18. The third-order valence-electron chi connectivity index (χ3n) is 3.60. The van der Waals surface area contributed by atoms with Crippen molar-refractivity contribution in [1.29, 1.82) is 0 Å². The van der Waals surface area contributed by atoms with Crippen molar-refractivity contribution in [2.45, 2.75) is 56.5 Å². The molecule has 0 aromatic carbocycles. The third kappa shape index (κ3) is 3.87. The number of carbonyl (C=O) groups is 2. The molecule has 0 bridgehead atoms. The molecule has 2 unspecified atom stereocenters. The maximum Gasteiger partial charge on any atom is 0.410 e. The van der Waals surface area contributed by atoms with Gasteiger partial charge in [0.05, 0.1) is 6.04 Å². The van der Waals surface area contributed by atoms with Crippen LogP contribution in [0.2, 0.25) is 0 Å². The molecule has 0 aliphatic carbocycles.